The molecule has 2 aromatic heterocycles. The van der Waals surface area contributed by atoms with Crippen LogP contribution in [0.3, 0.4) is 0 Å². The van der Waals surface area contributed by atoms with E-state index < -0.39 is 15.9 Å². The first-order valence-electron chi connectivity index (χ1n) is 9.41. The summed E-state index contributed by atoms with van der Waals surface area (Å²) in [5, 5.41) is 3.94. The molecule has 0 N–H and O–H groups in total. The molecular formula is C21H22N2O5S. The summed E-state index contributed by atoms with van der Waals surface area (Å²) in [5.74, 6) is 1.47. The third-order valence-corrected chi connectivity index (χ3v) is 6.85. The maximum atomic E-state index is 13.2. The molecule has 1 aliphatic heterocycles. The van der Waals surface area contributed by atoms with Crippen molar-refractivity contribution in [3.05, 3.63) is 65.2 Å². The van der Waals surface area contributed by atoms with Crippen LogP contribution in [0.1, 0.15) is 34.0 Å². The van der Waals surface area contributed by atoms with Crippen molar-refractivity contribution in [3.63, 3.8) is 0 Å². The summed E-state index contributed by atoms with van der Waals surface area (Å²) in [6.07, 6.45) is 0.399. The Morgan fingerprint density at radius 2 is 1.93 bits per heavy atom. The number of furan rings is 1. The molecule has 3 heterocycles. The van der Waals surface area contributed by atoms with Crippen molar-refractivity contribution in [1.82, 2.24) is 10.1 Å². The van der Waals surface area contributed by atoms with Gasteiger partial charge in [0.25, 0.3) is 5.91 Å². The number of benzene rings is 1. The quantitative estimate of drug-likeness (QED) is 0.635. The normalized spacial score (nSPS) is 18.1. The van der Waals surface area contributed by atoms with E-state index in [0.29, 0.717) is 17.9 Å². The molecule has 7 nitrogen and oxygen atoms in total. The van der Waals surface area contributed by atoms with E-state index >= 15 is 0 Å². The SMILES string of the molecule is Cc1ccc(-c2cc(C(=O)N(Cc3ccc(C)o3)[C@@H]3CCS(=O)(=O)C3)no2)cc1. The van der Waals surface area contributed by atoms with Crippen LogP contribution < -0.4 is 0 Å². The second-order valence-electron chi connectivity index (χ2n) is 7.44. The highest BCUT2D eigenvalue weighted by atomic mass is 32.2. The molecule has 0 spiro atoms. The van der Waals surface area contributed by atoms with Gasteiger partial charge < -0.3 is 13.8 Å². The standard InChI is InChI=1S/C21H22N2O5S/c1-14-3-6-16(7-4-14)20-11-19(22-28-20)21(24)23(12-18-8-5-15(2)27-18)17-9-10-29(25,26)13-17/h3-8,11,17H,9-10,12-13H2,1-2H3/t17-/m1/s1. The van der Waals surface area contributed by atoms with Gasteiger partial charge in [-0.15, -0.1) is 0 Å². The minimum atomic E-state index is -3.15. The number of aryl methyl sites for hydroxylation is 2. The summed E-state index contributed by atoms with van der Waals surface area (Å²) in [6.45, 7) is 3.99. The van der Waals surface area contributed by atoms with E-state index in [1.807, 2.05) is 44.2 Å². The van der Waals surface area contributed by atoms with E-state index in [2.05, 4.69) is 5.16 Å². The highest BCUT2D eigenvalue weighted by molar-refractivity contribution is 7.91. The minimum Gasteiger partial charge on any atom is -0.464 e. The van der Waals surface area contributed by atoms with Gasteiger partial charge in [-0.1, -0.05) is 35.0 Å². The fraction of sp³-hybridized carbons (Fsp3) is 0.333. The molecule has 1 aliphatic rings. The first kappa shape index (κ1) is 19.4. The Kier molecular flexibility index (Phi) is 5.04. The molecule has 1 amide bonds. The minimum absolute atomic E-state index is 0.0545. The maximum Gasteiger partial charge on any atom is 0.276 e. The summed E-state index contributed by atoms with van der Waals surface area (Å²) in [7, 11) is -3.15. The Hall–Kier alpha value is -2.87. The van der Waals surface area contributed by atoms with Gasteiger partial charge in [0.05, 0.1) is 18.1 Å². The molecule has 0 aliphatic carbocycles. The smallest absolute Gasteiger partial charge is 0.276 e. The van der Waals surface area contributed by atoms with E-state index in [1.54, 1.807) is 12.1 Å². The third kappa shape index (κ3) is 4.27. The van der Waals surface area contributed by atoms with Crippen molar-refractivity contribution in [2.75, 3.05) is 11.5 Å². The van der Waals surface area contributed by atoms with Crippen LogP contribution in [0.15, 0.2) is 51.4 Å². The lowest BCUT2D eigenvalue weighted by Gasteiger charge is -2.26. The summed E-state index contributed by atoms with van der Waals surface area (Å²) in [6, 6.07) is 12.5. The summed E-state index contributed by atoms with van der Waals surface area (Å²) in [4.78, 5) is 14.7. The highest BCUT2D eigenvalue weighted by Crippen LogP contribution is 2.25. The van der Waals surface area contributed by atoms with Crippen LogP contribution in [0.4, 0.5) is 0 Å². The van der Waals surface area contributed by atoms with Crippen LogP contribution in [0.25, 0.3) is 11.3 Å². The first-order chi connectivity index (χ1) is 13.8. The summed E-state index contributed by atoms with van der Waals surface area (Å²) in [5.41, 5.74) is 2.08. The van der Waals surface area contributed by atoms with Crippen LogP contribution in [-0.2, 0) is 16.4 Å². The van der Waals surface area contributed by atoms with Gasteiger partial charge in [0.15, 0.2) is 21.3 Å². The number of nitrogens with zero attached hydrogens (tertiary/aromatic N) is 2. The predicted octanol–water partition coefficient (Wildman–Crippen LogP) is 3.38. The molecule has 1 fully saturated rings. The van der Waals surface area contributed by atoms with Crippen molar-refractivity contribution in [3.8, 4) is 11.3 Å². The van der Waals surface area contributed by atoms with Gasteiger partial charge in [-0.3, -0.25) is 4.79 Å². The number of sulfone groups is 1. The maximum absolute atomic E-state index is 13.2. The Morgan fingerprint density at radius 3 is 2.55 bits per heavy atom. The number of aromatic nitrogens is 1. The van der Waals surface area contributed by atoms with Gasteiger partial charge in [-0.2, -0.15) is 0 Å². The van der Waals surface area contributed by atoms with Crippen molar-refractivity contribution in [1.29, 1.82) is 0 Å². The zero-order valence-electron chi connectivity index (χ0n) is 16.3. The molecule has 0 radical (unpaired) electrons. The van der Waals surface area contributed by atoms with Gasteiger partial charge in [-0.05, 0) is 32.4 Å². The summed E-state index contributed by atoms with van der Waals surface area (Å²) >= 11 is 0. The van der Waals surface area contributed by atoms with Crippen LogP contribution in [-0.4, -0.2) is 41.9 Å². The number of carbonyl (C=O) groups excluding carboxylic acids is 1. The zero-order valence-corrected chi connectivity index (χ0v) is 17.1. The predicted molar refractivity (Wildman–Crippen MR) is 107 cm³/mol. The fourth-order valence-corrected chi connectivity index (χ4v) is 5.23. The molecule has 1 saturated heterocycles. The van der Waals surface area contributed by atoms with Crippen molar-refractivity contribution < 1.29 is 22.2 Å². The molecular weight excluding hydrogens is 392 g/mol. The Labute approximate surface area is 169 Å². The lowest BCUT2D eigenvalue weighted by atomic mass is 10.1. The topological polar surface area (TPSA) is 93.6 Å². The lowest BCUT2D eigenvalue weighted by molar-refractivity contribution is 0.0655. The van der Waals surface area contributed by atoms with Crippen molar-refractivity contribution >= 4 is 15.7 Å². The molecule has 8 heteroatoms. The first-order valence-corrected chi connectivity index (χ1v) is 11.2. The Bertz CT molecular complexity index is 1130. The van der Waals surface area contributed by atoms with E-state index in [1.165, 1.54) is 4.90 Å². The number of amides is 1. The van der Waals surface area contributed by atoms with Gasteiger partial charge in [0.1, 0.15) is 11.5 Å². The molecule has 4 rings (SSSR count). The Balaban J connectivity index is 1.61. The number of carbonyl (C=O) groups is 1. The van der Waals surface area contributed by atoms with E-state index in [4.69, 9.17) is 8.94 Å². The van der Waals surface area contributed by atoms with E-state index in [0.717, 1.165) is 16.9 Å². The average Bonchev–Trinajstić information content (AvgIpc) is 3.40. The number of rotatable bonds is 5. The number of hydrogen-bond donors (Lipinski definition) is 0. The molecule has 0 unspecified atom stereocenters. The molecule has 152 valence electrons. The second-order valence-corrected chi connectivity index (χ2v) is 9.67. The van der Waals surface area contributed by atoms with Crippen LogP contribution >= 0.6 is 0 Å². The van der Waals surface area contributed by atoms with Gasteiger partial charge >= 0.3 is 0 Å². The average molecular weight is 414 g/mol. The van der Waals surface area contributed by atoms with Crippen LogP contribution in [0.5, 0.6) is 0 Å². The largest absolute Gasteiger partial charge is 0.464 e. The van der Waals surface area contributed by atoms with Crippen LogP contribution in [0.2, 0.25) is 0 Å². The van der Waals surface area contributed by atoms with E-state index in [9.17, 15) is 13.2 Å². The molecule has 1 aromatic carbocycles. The monoisotopic (exact) mass is 414 g/mol. The summed E-state index contributed by atoms with van der Waals surface area (Å²) < 4.78 is 35.0. The molecule has 0 saturated carbocycles. The zero-order chi connectivity index (χ0) is 20.6. The van der Waals surface area contributed by atoms with Gasteiger partial charge in [-0.25, -0.2) is 8.42 Å². The fourth-order valence-electron chi connectivity index (χ4n) is 3.50. The van der Waals surface area contributed by atoms with Gasteiger partial charge in [0, 0.05) is 17.7 Å². The highest BCUT2D eigenvalue weighted by Gasteiger charge is 2.36. The second kappa shape index (κ2) is 7.51. The van der Waals surface area contributed by atoms with Gasteiger partial charge in [0.2, 0.25) is 0 Å². The molecule has 1 atom stereocenters. The van der Waals surface area contributed by atoms with Crippen LogP contribution in [0, 0.1) is 13.8 Å². The number of hydrogen-bond acceptors (Lipinski definition) is 6. The van der Waals surface area contributed by atoms with Crippen molar-refractivity contribution in [2.45, 2.75) is 32.9 Å². The molecule has 0 bridgehead atoms. The molecule has 29 heavy (non-hydrogen) atoms. The Morgan fingerprint density at radius 1 is 1.17 bits per heavy atom. The lowest BCUT2D eigenvalue weighted by Crippen LogP contribution is -2.40. The molecule has 3 aromatic rings. The third-order valence-electron chi connectivity index (χ3n) is 5.10. The van der Waals surface area contributed by atoms with Crippen molar-refractivity contribution in [2.24, 2.45) is 0 Å². The van der Waals surface area contributed by atoms with E-state index in [-0.39, 0.29) is 29.7 Å².